The van der Waals surface area contributed by atoms with Gasteiger partial charge in [-0.15, -0.1) is 0 Å². The third kappa shape index (κ3) is 57.4. The van der Waals surface area contributed by atoms with Crippen molar-refractivity contribution in [3.63, 3.8) is 0 Å². The highest BCUT2D eigenvalue weighted by molar-refractivity contribution is 7.47. The van der Waals surface area contributed by atoms with Crippen molar-refractivity contribution < 1.29 is 37.6 Å². The summed E-state index contributed by atoms with van der Waals surface area (Å²) in [5, 5.41) is 0. The van der Waals surface area contributed by atoms with Gasteiger partial charge in [-0.3, -0.25) is 18.6 Å². The third-order valence-electron chi connectivity index (χ3n) is 13.5. The number of phosphoric ester groups is 1. The fourth-order valence-corrected chi connectivity index (χ4v) is 9.72. The summed E-state index contributed by atoms with van der Waals surface area (Å²) in [7, 11) is -4.39. The lowest BCUT2D eigenvalue weighted by atomic mass is 10.0. The average molecular weight is 1020 g/mol. The van der Waals surface area contributed by atoms with Crippen LogP contribution in [0, 0.1) is 0 Å². The normalized spacial score (nSPS) is 13.2. The van der Waals surface area contributed by atoms with Crippen molar-refractivity contribution in [2.75, 3.05) is 26.4 Å². The Balaban J connectivity index is 3.92. The highest BCUT2D eigenvalue weighted by Crippen LogP contribution is 2.43. The molecule has 0 saturated heterocycles. The first-order valence-electron chi connectivity index (χ1n) is 30.5. The second kappa shape index (κ2) is 57.5. The fraction of sp³-hybridized carbons (Fsp3) is 0.869. The van der Waals surface area contributed by atoms with Crippen LogP contribution in [0.5, 0.6) is 0 Å². The smallest absolute Gasteiger partial charge is 0.462 e. The maximum atomic E-state index is 12.7. The van der Waals surface area contributed by atoms with Gasteiger partial charge in [0.05, 0.1) is 13.2 Å². The van der Waals surface area contributed by atoms with E-state index in [2.05, 4.69) is 50.3 Å². The topological polar surface area (TPSA) is 134 Å². The van der Waals surface area contributed by atoms with Crippen molar-refractivity contribution >= 4 is 19.8 Å². The highest BCUT2D eigenvalue weighted by Gasteiger charge is 2.26. The number of hydrogen-bond donors (Lipinski definition) is 2. The third-order valence-corrected chi connectivity index (χ3v) is 14.5. The molecule has 0 aromatic rings. The van der Waals surface area contributed by atoms with E-state index in [9.17, 15) is 19.0 Å². The predicted octanol–water partition coefficient (Wildman–Crippen LogP) is 19.2. The predicted molar refractivity (Wildman–Crippen MR) is 303 cm³/mol. The maximum absolute atomic E-state index is 12.7. The zero-order valence-corrected chi connectivity index (χ0v) is 47.6. The Kier molecular flexibility index (Phi) is 56.1. The lowest BCUT2D eigenvalue weighted by Crippen LogP contribution is -2.29. The standard InChI is InChI=1S/C61H116NO8P/c1-3-5-7-9-11-13-15-17-19-21-23-25-27-28-29-30-32-33-35-37-39-41-43-45-47-49-51-53-60(63)67-57-59(58-69-71(65,66)68-56-55-62)70-61(64)54-52-50-48-46-44-42-40-38-36-34-31-26-24-22-20-18-16-14-12-10-8-6-4-2/h16,18,21-24,59H,3-15,17,19-20,25-58,62H2,1-2H3,(H,65,66)/b18-16-,23-21-,24-22-. The first kappa shape index (κ1) is 69.2. The van der Waals surface area contributed by atoms with E-state index in [1.54, 1.807) is 0 Å². The molecule has 0 amide bonds. The molecule has 0 aliphatic rings. The molecule has 9 nitrogen and oxygen atoms in total. The van der Waals surface area contributed by atoms with E-state index in [1.807, 2.05) is 0 Å². The summed E-state index contributed by atoms with van der Waals surface area (Å²) < 4.78 is 33.1. The summed E-state index contributed by atoms with van der Waals surface area (Å²) >= 11 is 0. The molecule has 418 valence electrons. The molecule has 0 aliphatic carbocycles. The molecule has 0 radical (unpaired) electrons. The first-order chi connectivity index (χ1) is 34.8. The van der Waals surface area contributed by atoms with Crippen LogP contribution in [-0.2, 0) is 32.7 Å². The van der Waals surface area contributed by atoms with Crippen molar-refractivity contribution in [2.45, 2.75) is 315 Å². The quantitative estimate of drug-likeness (QED) is 0.0264. The highest BCUT2D eigenvalue weighted by atomic mass is 31.2. The minimum Gasteiger partial charge on any atom is -0.462 e. The van der Waals surface area contributed by atoms with Crippen molar-refractivity contribution in [3.8, 4) is 0 Å². The summed E-state index contributed by atoms with van der Waals surface area (Å²) in [5.74, 6) is -0.815. The molecule has 0 fully saturated rings. The van der Waals surface area contributed by atoms with Crippen LogP contribution in [0.1, 0.15) is 309 Å². The number of rotatable bonds is 58. The Bertz CT molecular complexity index is 1260. The van der Waals surface area contributed by atoms with Crippen molar-refractivity contribution in [1.29, 1.82) is 0 Å². The number of hydrogen-bond acceptors (Lipinski definition) is 8. The Morgan fingerprint density at radius 2 is 0.732 bits per heavy atom. The van der Waals surface area contributed by atoms with Crippen LogP contribution in [0.3, 0.4) is 0 Å². The molecule has 3 N–H and O–H groups in total. The van der Waals surface area contributed by atoms with Gasteiger partial charge >= 0.3 is 19.8 Å². The Morgan fingerprint density at radius 3 is 1.08 bits per heavy atom. The van der Waals surface area contributed by atoms with E-state index < -0.39 is 26.5 Å². The molecule has 0 rings (SSSR count). The summed E-state index contributed by atoms with van der Waals surface area (Å²) in [5.41, 5.74) is 5.39. The number of carbonyl (C=O) groups excluding carboxylic acids is 2. The molecular formula is C61H116NO8P. The average Bonchev–Trinajstić information content (AvgIpc) is 3.36. The van der Waals surface area contributed by atoms with E-state index in [0.29, 0.717) is 6.42 Å². The Morgan fingerprint density at radius 1 is 0.423 bits per heavy atom. The molecule has 71 heavy (non-hydrogen) atoms. The molecule has 0 spiro atoms. The van der Waals surface area contributed by atoms with Gasteiger partial charge in [0.2, 0.25) is 0 Å². The minimum atomic E-state index is -4.39. The molecule has 0 aromatic heterocycles. The SMILES string of the molecule is CCCCCCC/C=C\C/C=C\CCCCCCCCCCCCCC(=O)OC(COC(=O)CCCCCCCCCCCCCCCCC/C=C\CCCCCCCCCC)COP(=O)(O)OCCN. The zero-order valence-electron chi connectivity index (χ0n) is 46.7. The van der Waals surface area contributed by atoms with Gasteiger partial charge in [-0.05, 0) is 70.6 Å². The summed E-state index contributed by atoms with van der Waals surface area (Å²) in [4.78, 5) is 35.2. The monoisotopic (exact) mass is 1020 g/mol. The van der Waals surface area contributed by atoms with E-state index in [1.165, 1.54) is 231 Å². The first-order valence-corrected chi connectivity index (χ1v) is 32.0. The molecule has 0 aliphatic heterocycles. The van der Waals surface area contributed by atoms with Gasteiger partial charge in [-0.1, -0.05) is 262 Å². The minimum absolute atomic E-state index is 0.0542. The number of nitrogens with two attached hydrogens (primary N) is 1. The van der Waals surface area contributed by atoms with Crippen LogP contribution in [0.2, 0.25) is 0 Å². The van der Waals surface area contributed by atoms with Crippen molar-refractivity contribution in [3.05, 3.63) is 36.5 Å². The molecular weight excluding hydrogens is 906 g/mol. The molecule has 2 unspecified atom stereocenters. The van der Waals surface area contributed by atoms with Gasteiger partial charge in [0.15, 0.2) is 6.10 Å². The van der Waals surface area contributed by atoms with Gasteiger partial charge in [-0.2, -0.15) is 0 Å². The number of esters is 2. The number of ether oxygens (including phenoxy) is 2. The van der Waals surface area contributed by atoms with E-state index in [0.717, 1.165) is 44.9 Å². The number of carbonyl (C=O) groups is 2. The van der Waals surface area contributed by atoms with E-state index in [4.69, 9.17) is 24.3 Å². The van der Waals surface area contributed by atoms with Crippen LogP contribution in [0.15, 0.2) is 36.5 Å². The Hall–Kier alpha value is -1.77. The van der Waals surface area contributed by atoms with Gasteiger partial charge in [0.25, 0.3) is 0 Å². The van der Waals surface area contributed by atoms with Crippen LogP contribution < -0.4 is 5.73 Å². The van der Waals surface area contributed by atoms with Crippen molar-refractivity contribution in [2.24, 2.45) is 5.73 Å². The van der Waals surface area contributed by atoms with Crippen LogP contribution in [0.4, 0.5) is 0 Å². The second-order valence-electron chi connectivity index (χ2n) is 20.6. The molecule has 10 heteroatoms. The summed E-state index contributed by atoms with van der Waals surface area (Å²) in [6.07, 6.45) is 69.2. The lowest BCUT2D eigenvalue weighted by molar-refractivity contribution is -0.161. The number of phosphoric acid groups is 1. The van der Waals surface area contributed by atoms with Gasteiger partial charge < -0.3 is 20.1 Å². The lowest BCUT2D eigenvalue weighted by Gasteiger charge is -2.19. The van der Waals surface area contributed by atoms with Crippen LogP contribution in [0.25, 0.3) is 0 Å². The molecule has 0 heterocycles. The number of allylic oxidation sites excluding steroid dienone is 6. The molecule has 0 bridgehead atoms. The maximum Gasteiger partial charge on any atom is 0.472 e. The van der Waals surface area contributed by atoms with E-state index in [-0.39, 0.29) is 38.6 Å². The summed E-state index contributed by atoms with van der Waals surface area (Å²) in [6, 6.07) is 0. The number of unbranched alkanes of at least 4 members (excludes halogenated alkanes) is 39. The Labute approximate surface area is 439 Å². The molecule has 0 saturated carbocycles. The molecule has 2 atom stereocenters. The van der Waals surface area contributed by atoms with Gasteiger partial charge in [-0.25, -0.2) is 4.57 Å². The van der Waals surface area contributed by atoms with Crippen LogP contribution in [-0.4, -0.2) is 49.3 Å². The zero-order chi connectivity index (χ0) is 51.7. The van der Waals surface area contributed by atoms with Crippen molar-refractivity contribution in [1.82, 2.24) is 0 Å². The second-order valence-corrected chi connectivity index (χ2v) is 22.0. The van der Waals surface area contributed by atoms with E-state index >= 15 is 0 Å². The molecule has 0 aromatic carbocycles. The van der Waals surface area contributed by atoms with Crippen LogP contribution >= 0.6 is 7.82 Å². The van der Waals surface area contributed by atoms with Gasteiger partial charge in [0.1, 0.15) is 6.61 Å². The summed E-state index contributed by atoms with van der Waals surface area (Å²) in [6.45, 7) is 3.78. The van der Waals surface area contributed by atoms with Gasteiger partial charge in [0, 0.05) is 19.4 Å². The largest absolute Gasteiger partial charge is 0.472 e. The fourth-order valence-electron chi connectivity index (χ4n) is 8.96.